The molecule has 1 aliphatic rings. The number of methoxy groups -OCH3 is 1. The van der Waals surface area contributed by atoms with Crippen LogP contribution in [0.2, 0.25) is 0 Å². The van der Waals surface area contributed by atoms with Crippen LogP contribution in [-0.2, 0) is 14.3 Å². The van der Waals surface area contributed by atoms with Crippen molar-refractivity contribution in [1.82, 2.24) is 0 Å². The van der Waals surface area contributed by atoms with E-state index in [9.17, 15) is 14.4 Å². The van der Waals surface area contributed by atoms with E-state index in [1.807, 2.05) is 0 Å². The van der Waals surface area contributed by atoms with Crippen molar-refractivity contribution in [1.29, 1.82) is 0 Å². The summed E-state index contributed by atoms with van der Waals surface area (Å²) in [5, 5.41) is 0. The molecular weight excluding hydrogens is 286 g/mol. The molecule has 1 unspecified atom stereocenters. The summed E-state index contributed by atoms with van der Waals surface area (Å²) in [6.07, 6.45) is -0.727. The lowest BCUT2D eigenvalue weighted by Gasteiger charge is -2.17. The van der Waals surface area contributed by atoms with Crippen LogP contribution in [0.5, 0.6) is 5.75 Å². The minimum atomic E-state index is -0.727. The standard InChI is InChI=1S/C16H19NO5/c1-9-11-8-10(22-14(19)16(2,3)4)6-7-12(11)17(13(9)18)15(20)21-5/h6-9H,1-5H3. The Morgan fingerprint density at radius 3 is 2.41 bits per heavy atom. The predicted molar refractivity (Wildman–Crippen MR) is 79.8 cm³/mol. The van der Waals surface area contributed by atoms with E-state index in [0.29, 0.717) is 17.0 Å². The van der Waals surface area contributed by atoms with Gasteiger partial charge in [-0.3, -0.25) is 9.59 Å². The summed E-state index contributed by atoms with van der Waals surface area (Å²) in [6.45, 7) is 6.97. The molecule has 6 heteroatoms. The Hall–Kier alpha value is -2.37. The molecule has 0 fully saturated rings. The number of nitrogens with zero attached hydrogens (tertiary/aromatic N) is 1. The number of benzene rings is 1. The smallest absolute Gasteiger partial charge is 0.420 e. The zero-order valence-electron chi connectivity index (χ0n) is 13.3. The van der Waals surface area contributed by atoms with Gasteiger partial charge < -0.3 is 9.47 Å². The second-order valence-electron chi connectivity index (χ2n) is 6.23. The highest BCUT2D eigenvalue weighted by Crippen LogP contribution is 2.39. The third-order valence-electron chi connectivity index (χ3n) is 3.48. The number of hydrogen-bond donors (Lipinski definition) is 0. The minimum Gasteiger partial charge on any atom is -0.452 e. The van der Waals surface area contributed by atoms with Gasteiger partial charge in [0, 0.05) is 0 Å². The molecule has 0 aromatic heterocycles. The number of hydrogen-bond acceptors (Lipinski definition) is 5. The number of fused-ring (bicyclic) bond motifs is 1. The summed E-state index contributed by atoms with van der Waals surface area (Å²) in [5.41, 5.74) is 0.466. The Balaban J connectivity index is 2.35. The first-order valence-corrected chi connectivity index (χ1v) is 6.95. The molecule has 0 spiro atoms. The fraction of sp³-hybridized carbons (Fsp3) is 0.438. The van der Waals surface area contributed by atoms with Gasteiger partial charge in [-0.05, 0) is 51.5 Å². The van der Waals surface area contributed by atoms with Crippen molar-refractivity contribution in [3.63, 3.8) is 0 Å². The van der Waals surface area contributed by atoms with Gasteiger partial charge in [-0.25, -0.2) is 9.69 Å². The van der Waals surface area contributed by atoms with Gasteiger partial charge >= 0.3 is 12.1 Å². The summed E-state index contributed by atoms with van der Waals surface area (Å²) in [7, 11) is 1.22. The molecule has 2 amide bonds. The van der Waals surface area contributed by atoms with Gasteiger partial charge in [0.15, 0.2) is 0 Å². The lowest BCUT2D eigenvalue weighted by Crippen LogP contribution is -2.34. The number of ether oxygens (including phenoxy) is 2. The van der Waals surface area contributed by atoms with E-state index in [2.05, 4.69) is 4.74 Å². The summed E-state index contributed by atoms with van der Waals surface area (Å²) in [5.74, 6) is -0.872. The minimum absolute atomic E-state index is 0.352. The van der Waals surface area contributed by atoms with E-state index < -0.39 is 17.4 Å². The van der Waals surface area contributed by atoms with Crippen molar-refractivity contribution in [2.45, 2.75) is 33.6 Å². The van der Waals surface area contributed by atoms with Crippen LogP contribution in [0.4, 0.5) is 10.5 Å². The molecule has 2 rings (SSSR count). The van der Waals surface area contributed by atoms with Crippen LogP contribution in [0, 0.1) is 5.41 Å². The second-order valence-corrected chi connectivity index (χ2v) is 6.23. The number of esters is 1. The van der Waals surface area contributed by atoms with Crippen molar-refractivity contribution in [3.8, 4) is 5.75 Å². The largest absolute Gasteiger partial charge is 0.452 e. The molecular formula is C16H19NO5. The van der Waals surface area contributed by atoms with Crippen LogP contribution < -0.4 is 9.64 Å². The van der Waals surface area contributed by atoms with Gasteiger partial charge in [0.2, 0.25) is 5.91 Å². The topological polar surface area (TPSA) is 72.9 Å². The third kappa shape index (κ3) is 2.68. The molecule has 0 radical (unpaired) electrons. The number of imide groups is 1. The van der Waals surface area contributed by atoms with Crippen molar-refractivity contribution in [3.05, 3.63) is 23.8 Å². The molecule has 118 valence electrons. The van der Waals surface area contributed by atoms with Crippen LogP contribution in [-0.4, -0.2) is 25.1 Å². The van der Waals surface area contributed by atoms with E-state index in [4.69, 9.17) is 4.74 Å². The van der Waals surface area contributed by atoms with Crippen LogP contribution in [0.25, 0.3) is 0 Å². The number of anilines is 1. The second kappa shape index (κ2) is 5.44. The highest BCUT2D eigenvalue weighted by molar-refractivity contribution is 6.19. The highest BCUT2D eigenvalue weighted by Gasteiger charge is 2.39. The van der Waals surface area contributed by atoms with Crippen molar-refractivity contribution < 1.29 is 23.9 Å². The fourth-order valence-corrected chi connectivity index (χ4v) is 2.13. The molecule has 1 aromatic carbocycles. The van der Waals surface area contributed by atoms with Crippen LogP contribution in [0.1, 0.15) is 39.2 Å². The van der Waals surface area contributed by atoms with Crippen molar-refractivity contribution >= 4 is 23.7 Å². The Bertz CT molecular complexity index is 644. The Morgan fingerprint density at radius 1 is 1.23 bits per heavy atom. The first-order valence-electron chi connectivity index (χ1n) is 6.95. The van der Waals surface area contributed by atoms with Crippen LogP contribution in [0.15, 0.2) is 18.2 Å². The van der Waals surface area contributed by atoms with Crippen molar-refractivity contribution in [2.75, 3.05) is 12.0 Å². The first kappa shape index (κ1) is 16.0. The molecule has 1 aliphatic heterocycles. The summed E-state index contributed by atoms with van der Waals surface area (Å²) in [4.78, 5) is 36.8. The molecule has 0 N–H and O–H groups in total. The monoisotopic (exact) mass is 305 g/mol. The lowest BCUT2D eigenvalue weighted by atomic mass is 9.97. The van der Waals surface area contributed by atoms with Gasteiger partial charge in [-0.15, -0.1) is 0 Å². The third-order valence-corrected chi connectivity index (χ3v) is 3.48. The number of carbonyl (C=O) groups excluding carboxylic acids is 3. The summed E-state index contributed by atoms with van der Waals surface area (Å²) < 4.78 is 9.95. The fourth-order valence-electron chi connectivity index (χ4n) is 2.13. The quantitative estimate of drug-likeness (QED) is 0.589. The van der Waals surface area contributed by atoms with E-state index in [0.717, 1.165) is 4.90 Å². The molecule has 1 aromatic rings. The summed E-state index contributed by atoms with van der Waals surface area (Å²) in [6, 6.07) is 4.76. The Kier molecular flexibility index (Phi) is 3.96. The first-order chi connectivity index (χ1) is 10.2. The molecule has 1 atom stereocenters. The van der Waals surface area contributed by atoms with E-state index in [1.54, 1.807) is 45.9 Å². The van der Waals surface area contributed by atoms with Gasteiger partial charge in [0.25, 0.3) is 0 Å². The Morgan fingerprint density at radius 2 is 1.86 bits per heavy atom. The number of rotatable bonds is 1. The summed E-state index contributed by atoms with van der Waals surface area (Å²) >= 11 is 0. The molecule has 0 saturated heterocycles. The van der Waals surface area contributed by atoms with E-state index >= 15 is 0 Å². The van der Waals surface area contributed by atoms with E-state index in [-0.39, 0.29) is 11.9 Å². The molecule has 6 nitrogen and oxygen atoms in total. The van der Waals surface area contributed by atoms with Gasteiger partial charge in [-0.2, -0.15) is 0 Å². The predicted octanol–water partition coefficient (Wildman–Crippen LogP) is 2.85. The molecule has 0 bridgehead atoms. The maximum Gasteiger partial charge on any atom is 0.420 e. The lowest BCUT2D eigenvalue weighted by molar-refractivity contribution is -0.143. The average Bonchev–Trinajstić information content (AvgIpc) is 2.69. The number of amides is 2. The molecule has 0 aliphatic carbocycles. The van der Waals surface area contributed by atoms with E-state index in [1.165, 1.54) is 7.11 Å². The van der Waals surface area contributed by atoms with Crippen LogP contribution >= 0.6 is 0 Å². The normalized spacial score (nSPS) is 17.2. The SMILES string of the molecule is COC(=O)N1C(=O)C(C)c2cc(OC(=O)C(C)(C)C)ccc21. The van der Waals surface area contributed by atoms with Gasteiger partial charge in [0.1, 0.15) is 5.75 Å². The number of carbonyl (C=O) groups is 3. The molecule has 1 heterocycles. The Labute approximate surface area is 129 Å². The maximum atomic E-state index is 12.2. The molecule has 0 saturated carbocycles. The van der Waals surface area contributed by atoms with Crippen LogP contribution in [0.3, 0.4) is 0 Å². The zero-order chi connectivity index (χ0) is 16.7. The zero-order valence-corrected chi connectivity index (χ0v) is 13.3. The highest BCUT2D eigenvalue weighted by atomic mass is 16.5. The van der Waals surface area contributed by atoms with Crippen molar-refractivity contribution in [2.24, 2.45) is 5.41 Å². The maximum absolute atomic E-state index is 12.2. The van der Waals surface area contributed by atoms with Gasteiger partial charge in [0.05, 0.1) is 24.1 Å². The average molecular weight is 305 g/mol. The van der Waals surface area contributed by atoms with Gasteiger partial charge in [-0.1, -0.05) is 0 Å². The molecule has 22 heavy (non-hydrogen) atoms.